The maximum absolute atomic E-state index is 11.7. The minimum Gasteiger partial charge on any atom is -0.486 e. The summed E-state index contributed by atoms with van der Waals surface area (Å²) in [5.74, 6) is 2.00. The number of hydrogen-bond acceptors (Lipinski definition) is 5. The second kappa shape index (κ2) is 5.18. The lowest BCUT2D eigenvalue weighted by Crippen LogP contribution is -2.44. The van der Waals surface area contributed by atoms with Gasteiger partial charge in [-0.2, -0.15) is 0 Å². The van der Waals surface area contributed by atoms with Gasteiger partial charge in [-0.15, -0.1) is 0 Å². The fraction of sp³-hybridized carbons (Fsp3) is 0.600. The van der Waals surface area contributed by atoms with E-state index in [0.29, 0.717) is 19.6 Å². The van der Waals surface area contributed by atoms with Crippen molar-refractivity contribution < 1.29 is 17.9 Å². The number of nitrogens with one attached hydrogen (secondary N) is 1. The predicted molar refractivity (Wildman–Crippen MR) is 80.7 cm³/mol. The van der Waals surface area contributed by atoms with E-state index in [1.807, 2.05) is 32.0 Å². The molecule has 1 N–H and O–H groups in total. The minimum atomic E-state index is -2.90. The van der Waals surface area contributed by atoms with E-state index in [4.69, 9.17) is 9.47 Å². The van der Waals surface area contributed by atoms with Crippen LogP contribution in [0.3, 0.4) is 0 Å². The standard InChI is InChI=1S/C15H21NO4S/c1-11(16-15(2)5-8-21(17,18)10-15)12-3-4-13-14(9-12)20-7-6-19-13/h3-4,9,11,16H,5-8,10H2,1-2H3. The van der Waals surface area contributed by atoms with Gasteiger partial charge in [0.2, 0.25) is 0 Å². The second-order valence-corrected chi connectivity index (χ2v) is 8.36. The molecule has 0 aliphatic carbocycles. The molecule has 1 aromatic carbocycles. The van der Waals surface area contributed by atoms with Crippen molar-refractivity contribution in [3.63, 3.8) is 0 Å². The number of fused-ring (bicyclic) bond motifs is 1. The third-order valence-corrected chi connectivity index (χ3v) is 6.04. The van der Waals surface area contributed by atoms with Crippen LogP contribution in [0.4, 0.5) is 0 Å². The molecular formula is C15H21NO4S. The van der Waals surface area contributed by atoms with E-state index >= 15 is 0 Å². The van der Waals surface area contributed by atoms with Gasteiger partial charge in [0.15, 0.2) is 21.3 Å². The van der Waals surface area contributed by atoms with E-state index in [-0.39, 0.29) is 23.1 Å². The summed E-state index contributed by atoms with van der Waals surface area (Å²) in [5, 5.41) is 3.46. The molecule has 1 aromatic rings. The summed E-state index contributed by atoms with van der Waals surface area (Å²) in [6.07, 6.45) is 0.657. The van der Waals surface area contributed by atoms with Gasteiger partial charge in [-0.1, -0.05) is 6.07 Å². The Bertz CT molecular complexity index is 643. The number of hydrogen-bond donors (Lipinski definition) is 1. The first kappa shape index (κ1) is 14.7. The quantitative estimate of drug-likeness (QED) is 0.920. The highest BCUT2D eigenvalue weighted by molar-refractivity contribution is 7.91. The summed E-state index contributed by atoms with van der Waals surface area (Å²) in [7, 11) is -2.90. The predicted octanol–water partition coefficient (Wildman–Crippen LogP) is 1.69. The smallest absolute Gasteiger partial charge is 0.161 e. The van der Waals surface area contributed by atoms with Gasteiger partial charge in [-0.3, -0.25) is 0 Å². The van der Waals surface area contributed by atoms with Crippen LogP contribution in [0.1, 0.15) is 31.9 Å². The van der Waals surface area contributed by atoms with Crippen LogP contribution in [0.25, 0.3) is 0 Å². The largest absolute Gasteiger partial charge is 0.486 e. The minimum absolute atomic E-state index is 0.0547. The molecule has 1 fully saturated rings. The van der Waals surface area contributed by atoms with Crippen LogP contribution in [-0.4, -0.2) is 38.7 Å². The second-order valence-electron chi connectivity index (χ2n) is 6.17. The third-order valence-electron chi connectivity index (χ3n) is 4.13. The first-order valence-electron chi connectivity index (χ1n) is 7.25. The van der Waals surface area contributed by atoms with Gasteiger partial charge >= 0.3 is 0 Å². The van der Waals surface area contributed by atoms with E-state index in [9.17, 15) is 8.42 Å². The summed E-state index contributed by atoms with van der Waals surface area (Å²) >= 11 is 0. The van der Waals surface area contributed by atoms with Crippen LogP contribution >= 0.6 is 0 Å². The molecule has 116 valence electrons. The molecular weight excluding hydrogens is 290 g/mol. The van der Waals surface area contributed by atoms with Gasteiger partial charge in [0, 0.05) is 11.6 Å². The highest BCUT2D eigenvalue weighted by atomic mass is 32.2. The lowest BCUT2D eigenvalue weighted by atomic mass is 9.98. The molecule has 5 nitrogen and oxygen atoms in total. The van der Waals surface area contributed by atoms with Crippen LogP contribution in [-0.2, 0) is 9.84 Å². The summed E-state index contributed by atoms with van der Waals surface area (Å²) in [6, 6.07) is 5.94. The Balaban J connectivity index is 1.75. The Morgan fingerprint density at radius 3 is 2.62 bits per heavy atom. The molecule has 1 saturated heterocycles. The Labute approximate surface area is 125 Å². The first-order chi connectivity index (χ1) is 9.87. The van der Waals surface area contributed by atoms with Crippen molar-refractivity contribution in [3.05, 3.63) is 23.8 Å². The molecule has 2 aliphatic rings. The van der Waals surface area contributed by atoms with Crippen LogP contribution in [0.2, 0.25) is 0 Å². The lowest BCUT2D eigenvalue weighted by molar-refractivity contribution is 0.171. The molecule has 0 aromatic heterocycles. The molecule has 2 unspecified atom stereocenters. The SMILES string of the molecule is CC(NC1(C)CCS(=O)(=O)C1)c1ccc2c(c1)OCCO2. The van der Waals surface area contributed by atoms with Crippen molar-refractivity contribution >= 4 is 9.84 Å². The number of sulfone groups is 1. The topological polar surface area (TPSA) is 64.6 Å². The Hall–Kier alpha value is -1.27. The molecule has 3 rings (SSSR count). The van der Waals surface area contributed by atoms with Gasteiger partial charge in [-0.25, -0.2) is 8.42 Å². The van der Waals surface area contributed by atoms with Crippen molar-refractivity contribution in [2.75, 3.05) is 24.7 Å². The Morgan fingerprint density at radius 2 is 1.95 bits per heavy atom. The van der Waals surface area contributed by atoms with Crippen LogP contribution < -0.4 is 14.8 Å². The highest BCUT2D eigenvalue weighted by Crippen LogP contribution is 2.34. The molecule has 21 heavy (non-hydrogen) atoms. The number of ether oxygens (including phenoxy) is 2. The Morgan fingerprint density at radius 1 is 1.24 bits per heavy atom. The van der Waals surface area contributed by atoms with E-state index in [2.05, 4.69) is 5.32 Å². The van der Waals surface area contributed by atoms with E-state index in [0.717, 1.165) is 17.1 Å². The van der Waals surface area contributed by atoms with Gasteiger partial charge < -0.3 is 14.8 Å². The maximum atomic E-state index is 11.7. The monoisotopic (exact) mass is 311 g/mol. The van der Waals surface area contributed by atoms with Crippen molar-refractivity contribution in [3.8, 4) is 11.5 Å². The van der Waals surface area contributed by atoms with Crippen molar-refractivity contribution in [2.45, 2.75) is 31.8 Å². The molecule has 0 saturated carbocycles. The maximum Gasteiger partial charge on any atom is 0.161 e. The zero-order valence-electron chi connectivity index (χ0n) is 12.4. The zero-order chi connectivity index (χ0) is 15.1. The molecule has 2 aliphatic heterocycles. The average Bonchev–Trinajstić information content (AvgIpc) is 2.71. The normalized spacial score (nSPS) is 28.3. The fourth-order valence-corrected chi connectivity index (χ4v) is 5.16. The van der Waals surface area contributed by atoms with Crippen molar-refractivity contribution in [1.29, 1.82) is 0 Å². The first-order valence-corrected chi connectivity index (χ1v) is 9.07. The van der Waals surface area contributed by atoms with Gasteiger partial charge in [-0.05, 0) is 38.0 Å². The Kier molecular flexibility index (Phi) is 3.61. The molecule has 2 atom stereocenters. The molecule has 0 amide bonds. The average molecular weight is 311 g/mol. The van der Waals surface area contributed by atoms with Crippen LogP contribution in [0.15, 0.2) is 18.2 Å². The van der Waals surface area contributed by atoms with Crippen LogP contribution in [0.5, 0.6) is 11.5 Å². The van der Waals surface area contributed by atoms with E-state index < -0.39 is 9.84 Å². The van der Waals surface area contributed by atoms with Gasteiger partial charge in [0.25, 0.3) is 0 Å². The summed E-state index contributed by atoms with van der Waals surface area (Å²) in [5.41, 5.74) is 0.718. The van der Waals surface area contributed by atoms with Crippen molar-refractivity contribution in [2.24, 2.45) is 0 Å². The highest BCUT2D eigenvalue weighted by Gasteiger charge is 2.39. The summed E-state index contributed by atoms with van der Waals surface area (Å²) < 4.78 is 34.5. The fourth-order valence-electron chi connectivity index (χ4n) is 3.06. The third kappa shape index (κ3) is 3.16. The molecule has 0 radical (unpaired) electrons. The van der Waals surface area contributed by atoms with Gasteiger partial charge in [0.1, 0.15) is 13.2 Å². The zero-order valence-corrected chi connectivity index (χ0v) is 13.2. The molecule has 2 heterocycles. The lowest BCUT2D eigenvalue weighted by Gasteiger charge is -2.29. The number of rotatable bonds is 3. The summed E-state index contributed by atoms with van der Waals surface area (Å²) in [6.45, 7) is 5.16. The van der Waals surface area contributed by atoms with Gasteiger partial charge in [0.05, 0.1) is 11.5 Å². The molecule has 6 heteroatoms. The van der Waals surface area contributed by atoms with Crippen LogP contribution in [0, 0.1) is 0 Å². The molecule has 0 bridgehead atoms. The van der Waals surface area contributed by atoms with E-state index in [1.54, 1.807) is 0 Å². The molecule has 0 spiro atoms. The summed E-state index contributed by atoms with van der Waals surface area (Å²) in [4.78, 5) is 0. The van der Waals surface area contributed by atoms with Crippen molar-refractivity contribution in [1.82, 2.24) is 5.32 Å². The van der Waals surface area contributed by atoms with E-state index in [1.165, 1.54) is 0 Å². The number of benzene rings is 1.